The SMILES string of the molecule is c1cncc(COC2CN(CC3CC3)Cc3cccn3C2)c1. The zero-order valence-electron chi connectivity index (χ0n) is 12.9. The second-order valence-electron chi connectivity index (χ2n) is 6.58. The Kier molecular flexibility index (Phi) is 3.95. The van der Waals surface area contributed by atoms with E-state index >= 15 is 0 Å². The molecule has 0 bridgehead atoms. The summed E-state index contributed by atoms with van der Waals surface area (Å²) in [6.45, 7) is 4.89. The summed E-state index contributed by atoms with van der Waals surface area (Å²) < 4.78 is 8.55. The summed E-state index contributed by atoms with van der Waals surface area (Å²) in [5.74, 6) is 0.917. The highest BCUT2D eigenvalue weighted by atomic mass is 16.5. The highest BCUT2D eigenvalue weighted by Crippen LogP contribution is 2.31. The second-order valence-corrected chi connectivity index (χ2v) is 6.58. The third-order valence-corrected chi connectivity index (χ3v) is 4.59. The number of fused-ring (bicyclic) bond motifs is 1. The summed E-state index contributed by atoms with van der Waals surface area (Å²) in [5, 5.41) is 0. The van der Waals surface area contributed by atoms with Gasteiger partial charge in [0, 0.05) is 50.5 Å². The van der Waals surface area contributed by atoms with Gasteiger partial charge in [-0.05, 0) is 42.5 Å². The molecule has 4 nitrogen and oxygen atoms in total. The Bertz CT molecular complexity index is 606. The molecule has 0 N–H and O–H groups in total. The Morgan fingerprint density at radius 2 is 2.14 bits per heavy atom. The Morgan fingerprint density at radius 1 is 1.18 bits per heavy atom. The van der Waals surface area contributed by atoms with Gasteiger partial charge in [0.1, 0.15) is 0 Å². The first-order valence-corrected chi connectivity index (χ1v) is 8.24. The van der Waals surface area contributed by atoms with E-state index in [1.807, 2.05) is 12.3 Å². The van der Waals surface area contributed by atoms with Crippen molar-refractivity contribution in [3.05, 3.63) is 54.1 Å². The number of hydrogen-bond acceptors (Lipinski definition) is 3. The van der Waals surface area contributed by atoms with Crippen molar-refractivity contribution in [3.8, 4) is 0 Å². The van der Waals surface area contributed by atoms with Gasteiger partial charge in [0.25, 0.3) is 0 Å². The number of rotatable bonds is 5. The smallest absolute Gasteiger partial charge is 0.0885 e. The lowest BCUT2D eigenvalue weighted by molar-refractivity contribution is 0.00931. The van der Waals surface area contributed by atoms with Gasteiger partial charge in [0.2, 0.25) is 0 Å². The van der Waals surface area contributed by atoms with Crippen molar-refractivity contribution in [3.63, 3.8) is 0 Å². The third-order valence-electron chi connectivity index (χ3n) is 4.59. The third kappa shape index (κ3) is 3.39. The summed E-state index contributed by atoms with van der Waals surface area (Å²) in [4.78, 5) is 6.74. The fraction of sp³-hybridized carbons (Fsp3) is 0.500. The maximum absolute atomic E-state index is 6.20. The summed E-state index contributed by atoms with van der Waals surface area (Å²) in [5.41, 5.74) is 2.56. The molecular formula is C18H23N3O. The molecule has 1 saturated carbocycles. The molecular weight excluding hydrogens is 274 g/mol. The van der Waals surface area contributed by atoms with Gasteiger partial charge in [-0.1, -0.05) is 6.07 Å². The number of nitrogens with zero attached hydrogens (tertiary/aromatic N) is 3. The molecule has 0 radical (unpaired) electrons. The van der Waals surface area contributed by atoms with Gasteiger partial charge in [0.05, 0.1) is 12.7 Å². The first-order valence-electron chi connectivity index (χ1n) is 8.24. The van der Waals surface area contributed by atoms with Gasteiger partial charge in [-0.2, -0.15) is 0 Å². The zero-order chi connectivity index (χ0) is 14.8. The van der Waals surface area contributed by atoms with E-state index in [1.165, 1.54) is 25.1 Å². The molecule has 1 fully saturated rings. The molecule has 1 aliphatic carbocycles. The first-order chi connectivity index (χ1) is 10.9. The number of ether oxygens (including phenoxy) is 1. The summed E-state index contributed by atoms with van der Waals surface area (Å²) in [6.07, 6.45) is 8.92. The average Bonchev–Trinajstić information content (AvgIpc) is 3.28. The molecule has 2 aliphatic rings. The van der Waals surface area contributed by atoms with Crippen LogP contribution in [0.5, 0.6) is 0 Å². The fourth-order valence-electron chi connectivity index (χ4n) is 3.24. The maximum Gasteiger partial charge on any atom is 0.0885 e. The minimum atomic E-state index is 0.243. The first kappa shape index (κ1) is 14.0. The largest absolute Gasteiger partial charge is 0.370 e. The van der Waals surface area contributed by atoms with Crippen LogP contribution >= 0.6 is 0 Å². The van der Waals surface area contributed by atoms with Crippen molar-refractivity contribution >= 4 is 0 Å². The van der Waals surface area contributed by atoms with Crippen molar-refractivity contribution < 1.29 is 4.74 Å². The normalized spacial score (nSPS) is 22.3. The van der Waals surface area contributed by atoms with Crippen LogP contribution in [-0.4, -0.2) is 33.6 Å². The van der Waals surface area contributed by atoms with Crippen molar-refractivity contribution in [2.24, 2.45) is 5.92 Å². The molecule has 3 heterocycles. The maximum atomic E-state index is 6.20. The molecule has 116 valence electrons. The van der Waals surface area contributed by atoms with Gasteiger partial charge in [-0.3, -0.25) is 9.88 Å². The molecule has 4 rings (SSSR count). The van der Waals surface area contributed by atoms with Crippen molar-refractivity contribution in [2.45, 2.75) is 38.6 Å². The van der Waals surface area contributed by atoms with Gasteiger partial charge >= 0.3 is 0 Å². The standard InChI is InChI=1S/C18H23N3O/c1-3-16(9-19-7-1)14-22-18-12-20(10-15-5-6-15)11-17-4-2-8-21(17)13-18/h1-4,7-9,15,18H,5-6,10-14H2. The van der Waals surface area contributed by atoms with E-state index in [-0.39, 0.29) is 6.10 Å². The van der Waals surface area contributed by atoms with Crippen LogP contribution in [0.25, 0.3) is 0 Å². The Morgan fingerprint density at radius 3 is 2.95 bits per heavy atom. The second kappa shape index (κ2) is 6.23. The molecule has 22 heavy (non-hydrogen) atoms. The van der Waals surface area contributed by atoms with Crippen LogP contribution < -0.4 is 0 Å². The van der Waals surface area contributed by atoms with E-state index in [9.17, 15) is 0 Å². The highest BCUT2D eigenvalue weighted by molar-refractivity contribution is 5.09. The summed E-state index contributed by atoms with van der Waals surface area (Å²) in [7, 11) is 0. The topological polar surface area (TPSA) is 30.3 Å². The minimum absolute atomic E-state index is 0.243. The Balaban J connectivity index is 1.43. The predicted molar refractivity (Wildman–Crippen MR) is 85.2 cm³/mol. The van der Waals surface area contributed by atoms with Gasteiger partial charge in [-0.15, -0.1) is 0 Å². The Labute approximate surface area is 131 Å². The number of pyridine rings is 1. The molecule has 2 aromatic rings. The highest BCUT2D eigenvalue weighted by Gasteiger charge is 2.28. The van der Waals surface area contributed by atoms with Gasteiger partial charge in [0.15, 0.2) is 0 Å². The zero-order valence-corrected chi connectivity index (χ0v) is 12.9. The predicted octanol–water partition coefficient (Wildman–Crippen LogP) is 2.69. The van der Waals surface area contributed by atoms with E-state index in [4.69, 9.17) is 4.74 Å². The molecule has 0 spiro atoms. The monoisotopic (exact) mass is 297 g/mol. The molecule has 1 atom stereocenters. The molecule has 1 aliphatic heterocycles. The van der Waals surface area contributed by atoms with Gasteiger partial charge < -0.3 is 9.30 Å². The van der Waals surface area contributed by atoms with E-state index in [0.717, 1.165) is 31.1 Å². The molecule has 1 unspecified atom stereocenters. The van der Waals surface area contributed by atoms with E-state index < -0.39 is 0 Å². The van der Waals surface area contributed by atoms with Crippen LogP contribution in [0, 0.1) is 5.92 Å². The van der Waals surface area contributed by atoms with Crippen LogP contribution in [0.4, 0.5) is 0 Å². The number of aromatic nitrogens is 2. The fourth-order valence-corrected chi connectivity index (χ4v) is 3.24. The van der Waals surface area contributed by atoms with Crippen LogP contribution in [0.2, 0.25) is 0 Å². The van der Waals surface area contributed by atoms with Gasteiger partial charge in [-0.25, -0.2) is 0 Å². The Hall–Kier alpha value is -1.65. The van der Waals surface area contributed by atoms with Crippen molar-refractivity contribution in [1.29, 1.82) is 0 Å². The average molecular weight is 297 g/mol. The summed E-state index contributed by atoms with van der Waals surface area (Å²) >= 11 is 0. The van der Waals surface area contributed by atoms with Crippen LogP contribution in [0.15, 0.2) is 42.9 Å². The van der Waals surface area contributed by atoms with Crippen molar-refractivity contribution in [1.82, 2.24) is 14.5 Å². The van der Waals surface area contributed by atoms with E-state index in [1.54, 1.807) is 6.20 Å². The number of hydrogen-bond donors (Lipinski definition) is 0. The van der Waals surface area contributed by atoms with E-state index in [0.29, 0.717) is 6.61 Å². The molecule has 0 saturated heterocycles. The van der Waals surface area contributed by atoms with Crippen LogP contribution in [0.3, 0.4) is 0 Å². The van der Waals surface area contributed by atoms with Crippen molar-refractivity contribution in [2.75, 3.05) is 13.1 Å². The quantitative estimate of drug-likeness (QED) is 0.850. The van der Waals surface area contributed by atoms with E-state index in [2.05, 4.69) is 38.8 Å². The summed E-state index contributed by atoms with van der Waals surface area (Å²) in [6, 6.07) is 8.43. The lowest BCUT2D eigenvalue weighted by atomic mass is 10.2. The molecule has 2 aromatic heterocycles. The van der Waals surface area contributed by atoms with Crippen LogP contribution in [-0.2, 0) is 24.4 Å². The lowest BCUT2D eigenvalue weighted by Crippen LogP contribution is -2.34. The molecule has 0 amide bonds. The minimum Gasteiger partial charge on any atom is -0.370 e. The molecule has 0 aromatic carbocycles. The lowest BCUT2D eigenvalue weighted by Gasteiger charge is -2.24. The molecule has 4 heteroatoms. The van der Waals surface area contributed by atoms with Crippen LogP contribution in [0.1, 0.15) is 24.1 Å².